The quantitative estimate of drug-likeness (QED) is 0.557. The van der Waals surface area contributed by atoms with Crippen LogP contribution in [0, 0.1) is 0 Å². The second-order valence-corrected chi connectivity index (χ2v) is 5.04. The van der Waals surface area contributed by atoms with Crippen molar-refractivity contribution in [3.63, 3.8) is 0 Å². The number of benzene rings is 1. The zero-order valence-corrected chi connectivity index (χ0v) is 11.4. The molecule has 0 atom stereocenters. The number of Topliss-reactive ketones (excluding diaryl/α,β-unsaturated/α-hetero) is 1. The first-order chi connectivity index (χ1) is 9.20. The zero-order valence-electron chi connectivity index (χ0n) is 11.4. The van der Waals surface area contributed by atoms with Crippen molar-refractivity contribution in [3.05, 3.63) is 35.4 Å². The van der Waals surface area contributed by atoms with Crippen LogP contribution in [0.3, 0.4) is 0 Å². The zero-order chi connectivity index (χ0) is 13.7. The van der Waals surface area contributed by atoms with Crippen LogP contribution in [0.25, 0.3) is 0 Å². The van der Waals surface area contributed by atoms with E-state index in [2.05, 4.69) is 6.07 Å². The Labute approximate surface area is 114 Å². The number of carbonyl (C=O) groups excluding carboxylic acids is 2. The first-order valence-corrected chi connectivity index (χ1v) is 6.99. The van der Waals surface area contributed by atoms with Crippen LogP contribution in [0.2, 0.25) is 0 Å². The summed E-state index contributed by atoms with van der Waals surface area (Å²) in [6.07, 6.45) is 3.66. The second-order valence-electron chi connectivity index (χ2n) is 5.04. The molecule has 1 aliphatic carbocycles. The van der Waals surface area contributed by atoms with E-state index in [1.807, 2.05) is 25.1 Å². The topological polar surface area (TPSA) is 43.4 Å². The summed E-state index contributed by atoms with van der Waals surface area (Å²) in [4.78, 5) is 23.4. The predicted molar refractivity (Wildman–Crippen MR) is 73.2 cm³/mol. The number of esters is 1. The Morgan fingerprint density at radius 3 is 2.74 bits per heavy atom. The average molecular weight is 260 g/mol. The molecule has 0 bridgehead atoms. The molecule has 1 saturated carbocycles. The molecule has 0 spiro atoms. The van der Waals surface area contributed by atoms with Crippen LogP contribution in [0.4, 0.5) is 0 Å². The van der Waals surface area contributed by atoms with E-state index in [0.29, 0.717) is 18.1 Å². The summed E-state index contributed by atoms with van der Waals surface area (Å²) in [6, 6.07) is 7.79. The maximum absolute atomic E-state index is 12.0. The van der Waals surface area contributed by atoms with E-state index in [1.54, 1.807) is 0 Å². The molecule has 0 unspecified atom stereocenters. The van der Waals surface area contributed by atoms with Gasteiger partial charge in [-0.25, -0.2) is 0 Å². The van der Waals surface area contributed by atoms with Crippen LogP contribution in [-0.4, -0.2) is 18.4 Å². The van der Waals surface area contributed by atoms with Crippen molar-refractivity contribution in [2.24, 2.45) is 0 Å². The molecule has 1 aromatic carbocycles. The van der Waals surface area contributed by atoms with Crippen LogP contribution < -0.4 is 0 Å². The van der Waals surface area contributed by atoms with Crippen molar-refractivity contribution in [3.8, 4) is 0 Å². The largest absolute Gasteiger partial charge is 0.466 e. The first kappa shape index (κ1) is 13.8. The van der Waals surface area contributed by atoms with E-state index in [1.165, 1.54) is 18.4 Å². The highest BCUT2D eigenvalue weighted by atomic mass is 16.5. The number of rotatable bonds is 7. The third-order valence-electron chi connectivity index (χ3n) is 3.28. The minimum absolute atomic E-state index is 0.0240. The highest BCUT2D eigenvalue weighted by Gasteiger charge is 2.24. The van der Waals surface area contributed by atoms with Gasteiger partial charge in [-0.1, -0.05) is 25.1 Å². The lowest BCUT2D eigenvalue weighted by Crippen LogP contribution is -2.08. The summed E-state index contributed by atoms with van der Waals surface area (Å²) in [6.45, 7) is 2.38. The third-order valence-corrected chi connectivity index (χ3v) is 3.28. The number of ether oxygens (including phenoxy) is 1. The normalized spacial score (nSPS) is 14.2. The summed E-state index contributed by atoms with van der Waals surface area (Å²) in [5, 5.41) is 0. The molecule has 102 valence electrons. The molecular weight excluding hydrogens is 240 g/mol. The smallest absolute Gasteiger partial charge is 0.306 e. The molecule has 3 heteroatoms. The van der Waals surface area contributed by atoms with E-state index in [-0.39, 0.29) is 24.6 Å². The van der Waals surface area contributed by atoms with Gasteiger partial charge in [0.2, 0.25) is 0 Å². The van der Waals surface area contributed by atoms with Gasteiger partial charge >= 0.3 is 5.97 Å². The number of hydrogen-bond acceptors (Lipinski definition) is 3. The fourth-order valence-corrected chi connectivity index (χ4v) is 2.03. The Bertz CT molecular complexity index is 461. The van der Waals surface area contributed by atoms with Gasteiger partial charge in [-0.15, -0.1) is 0 Å². The van der Waals surface area contributed by atoms with E-state index in [0.717, 1.165) is 6.42 Å². The monoisotopic (exact) mass is 260 g/mol. The lowest BCUT2D eigenvalue weighted by Gasteiger charge is -2.04. The molecule has 1 fully saturated rings. The molecule has 3 nitrogen and oxygen atoms in total. The lowest BCUT2D eigenvalue weighted by molar-refractivity contribution is -0.143. The maximum atomic E-state index is 12.0. The minimum atomic E-state index is -0.284. The maximum Gasteiger partial charge on any atom is 0.306 e. The Balaban J connectivity index is 1.85. The van der Waals surface area contributed by atoms with Crippen molar-refractivity contribution in [1.82, 2.24) is 0 Å². The van der Waals surface area contributed by atoms with Gasteiger partial charge in [0.1, 0.15) is 0 Å². The summed E-state index contributed by atoms with van der Waals surface area (Å²) < 4.78 is 4.96. The van der Waals surface area contributed by atoms with Gasteiger partial charge in [0, 0.05) is 12.0 Å². The summed E-state index contributed by atoms with van der Waals surface area (Å²) in [5.41, 5.74) is 1.96. The van der Waals surface area contributed by atoms with E-state index in [9.17, 15) is 9.59 Å². The van der Waals surface area contributed by atoms with Crippen LogP contribution in [0.1, 0.15) is 60.9 Å². The van der Waals surface area contributed by atoms with Gasteiger partial charge in [-0.05, 0) is 36.8 Å². The van der Waals surface area contributed by atoms with Crippen LogP contribution in [0.5, 0.6) is 0 Å². The van der Waals surface area contributed by atoms with Crippen molar-refractivity contribution < 1.29 is 14.3 Å². The molecule has 2 rings (SSSR count). The van der Waals surface area contributed by atoms with Gasteiger partial charge in [0.25, 0.3) is 0 Å². The molecule has 0 heterocycles. The molecule has 0 amide bonds. The Hall–Kier alpha value is -1.64. The Kier molecular flexibility index (Phi) is 4.72. The molecule has 1 aliphatic rings. The third kappa shape index (κ3) is 4.19. The van der Waals surface area contributed by atoms with Gasteiger partial charge in [0.15, 0.2) is 5.78 Å². The molecule has 19 heavy (non-hydrogen) atoms. The molecule has 1 aromatic rings. The SMILES string of the molecule is CCCOC(=O)CCC(=O)c1cccc(C2CC2)c1. The number of carbonyl (C=O) groups is 2. The Morgan fingerprint density at radius 2 is 2.05 bits per heavy atom. The van der Waals surface area contributed by atoms with Crippen molar-refractivity contribution in [1.29, 1.82) is 0 Å². The second kappa shape index (κ2) is 6.50. The molecule has 0 N–H and O–H groups in total. The molecule has 0 radical (unpaired) electrons. The van der Waals surface area contributed by atoms with Crippen LogP contribution in [0.15, 0.2) is 24.3 Å². The van der Waals surface area contributed by atoms with Crippen molar-refractivity contribution in [2.45, 2.75) is 44.9 Å². The van der Waals surface area contributed by atoms with Crippen molar-refractivity contribution in [2.75, 3.05) is 6.61 Å². The molecule has 0 saturated heterocycles. The van der Waals surface area contributed by atoms with Gasteiger partial charge in [-0.3, -0.25) is 9.59 Å². The van der Waals surface area contributed by atoms with Gasteiger partial charge in [0.05, 0.1) is 13.0 Å². The number of ketones is 1. The summed E-state index contributed by atoms with van der Waals surface area (Å²) in [7, 11) is 0. The molecule has 0 aromatic heterocycles. The highest BCUT2D eigenvalue weighted by Crippen LogP contribution is 2.40. The molecule has 0 aliphatic heterocycles. The number of hydrogen-bond donors (Lipinski definition) is 0. The lowest BCUT2D eigenvalue weighted by atomic mass is 10.0. The Morgan fingerprint density at radius 1 is 1.26 bits per heavy atom. The van der Waals surface area contributed by atoms with E-state index in [4.69, 9.17) is 4.74 Å². The van der Waals surface area contributed by atoms with E-state index < -0.39 is 0 Å². The summed E-state index contributed by atoms with van der Waals surface area (Å²) >= 11 is 0. The van der Waals surface area contributed by atoms with E-state index >= 15 is 0 Å². The van der Waals surface area contributed by atoms with Crippen LogP contribution >= 0.6 is 0 Å². The van der Waals surface area contributed by atoms with Gasteiger partial charge < -0.3 is 4.74 Å². The van der Waals surface area contributed by atoms with Crippen LogP contribution in [-0.2, 0) is 9.53 Å². The van der Waals surface area contributed by atoms with Crippen molar-refractivity contribution >= 4 is 11.8 Å². The first-order valence-electron chi connectivity index (χ1n) is 6.99. The molecular formula is C16H20O3. The summed E-state index contributed by atoms with van der Waals surface area (Å²) in [5.74, 6) is 0.381. The standard InChI is InChI=1S/C16H20O3/c1-2-10-19-16(18)9-8-15(17)14-5-3-4-13(11-14)12-6-7-12/h3-5,11-12H,2,6-10H2,1H3. The van der Waals surface area contributed by atoms with Gasteiger partial charge in [-0.2, -0.15) is 0 Å². The highest BCUT2D eigenvalue weighted by molar-refractivity contribution is 5.97. The average Bonchev–Trinajstić information content (AvgIpc) is 3.27. The fraction of sp³-hybridized carbons (Fsp3) is 0.500. The minimum Gasteiger partial charge on any atom is -0.466 e. The fourth-order valence-electron chi connectivity index (χ4n) is 2.03. The predicted octanol–water partition coefficient (Wildman–Crippen LogP) is 3.48.